The Morgan fingerprint density at radius 1 is 1.05 bits per heavy atom. The van der Waals surface area contributed by atoms with Gasteiger partial charge in [0.1, 0.15) is 5.65 Å². The number of nitrogens with zero attached hydrogens (tertiary/aromatic N) is 5. The van der Waals surface area contributed by atoms with E-state index in [-0.39, 0.29) is 49.4 Å². The number of aliphatic carboxylic acids is 1. The zero-order chi connectivity index (χ0) is 27.2. The van der Waals surface area contributed by atoms with E-state index >= 15 is 0 Å². The van der Waals surface area contributed by atoms with Crippen molar-refractivity contribution in [2.24, 2.45) is 0 Å². The number of rotatable bonds is 4. The van der Waals surface area contributed by atoms with Gasteiger partial charge in [-0.1, -0.05) is 20.8 Å². The van der Waals surface area contributed by atoms with Gasteiger partial charge in [0.05, 0.1) is 35.3 Å². The number of likely N-dealkylation sites (tertiary alicyclic amines) is 1. The van der Waals surface area contributed by atoms with Crippen molar-refractivity contribution in [3.8, 4) is 0 Å². The number of carboxylic acids is 1. The fourth-order valence-corrected chi connectivity index (χ4v) is 4.65. The monoisotopic (exact) mass is 521 g/mol. The number of amides is 1. The molecule has 3 aromatic heterocycles. The van der Waals surface area contributed by atoms with Crippen molar-refractivity contribution in [1.29, 1.82) is 0 Å². The van der Waals surface area contributed by atoms with Gasteiger partial charge in [-0.3, -0.25) is 14.3 Å². The summed E-state index contributed by atoms with van der Waals surface area (Å²) >= 11 is 0. The van der Waals surface area contributed by atoms with Crippen molar-refractivity contribution < 1.29 is 23.5 Å². The first-order valence-corrected chi connectivity index (χ1v) is 12.4. The minimum Gasteiger partial charge on any atom is -0.478 e. The Morgan fingerprint density at radius 2 is 1.79 bits per heavy atom. The molecular weight excluding hydrogens is 492 g/mol. The average molecular weight is 522 g/mol. The first kappa shape index (κ1) is 25.6. The number of carbonyl (C=O) groups is 2. The molecule has 1 N–H and O–H groups in total. The van der Waals surface area contributed by atoms with Crippen molar-refractivity contribution in [2.45, 2.75) is 45.0 Å². The molecule has 0 unspecified atom stereocenters. The Hall–Kier alpha value is -4.08. The van der Waals surface area contributed by atoms with Gasteiger partial charge in [-0.25, -0.2) is 18.6 Å². The first-order chi connectivity index (χ1) is 17.9. The summed E-state index contributed by atoms with van der Waals surface area (Å²) in [6.07, 6.45) is 7.69. The van der Waals surface area contributed by atoms with Gasteiger partial charge in [0.15, 0.2) is 0 Å². The molecule has 0 atom stereocenters. The summed E-state index contributed by atoms with van der Waals surface area (Å²) in [5.41, 5.74) is 3.25. The highest BCUT2D eigenvalue weighted by Gasteiger charge is 2.36. The summed E-state index contributed by atoms with van der Waals surface area (Å²) in [5.74, 6) is -4.08. The van der Waals surface area contributed by atoms with Crippen LogP contribution >= 0.6 is 0 Å². The van der Waals surface area contributed by atoms with E-state index in [1.165, 1.54) is 11.1 Å². The smallest absolute Gasteiger partial charge is 0.333 e. The van der Waals surface area contributed by atoms with Gasteiger partial charge in [-0.05, 0) is 30.3 Å². The van der Waals surface area contributed by atoms with Crippen LogP contribution in [0, 0.1) is 0 Å². The van der Waals surface area contributed by atoms with Crippen molar-refractivity contribution in [3.63, 3.8) is 0 Å². The van der Waals surface area contributed by atoms with Crippen LogP contribution in [0.5, 0.6) is 0 Å². The molecule has 3 aromatic rings. The number of alkyl halides is 2. The molecule has 0 bridgehead atoms. The number of allylic oxidation sites excluding steroid dienone is 2. The summed E-state index contributed by atoms with van der Waals surface area (Å²) in [7, 11) is 0. The summed E-state index contributed by atoms with van der Waals surface area (Å²) in [5, 5.41) is 10.5. The predicted octanol–water partition coefficient (Wildman–Crippen LogP) is 4.93. The maximum Gasteiger partial charge on any atom is 0.333 e. The number of fused-ring (bicyclic) bond motifs is 1. The van der Waals surface area contributed by atoms with Gasteiger partial charge < -0.3 is 14.9 Å². The van der Waals surface area contributed by atoms with E-state index in [1.54, 1.807) is 35.2 Å². The maximum atomic E-state index is 13.5. The van der Waals surface area contributed by atoms with Crippen LogP contribution in [0.3, 0.4) is 0 Å². The van der Waals surface area contributed by atoms with E-state index in [9.17, 15) is 23.5 Å². The fraction of sp³-hybridized carbons (Fsp3) is 0.357. The van der Waals surface area contributed by atoms with E-state index in [0.717, 1.165) is 11.4 Å². The van der Waals surface area contributed by atoms with Gasteiger partial charge >= 0.3 is 5.97 Å². The molecule has 0 saturated carbocycles. The quantitative estimate of drug-likeness (QED) is 0.524. The fourth-order valence-electron chi connectivity index (χ4n) is 4.65. The molecule has 0 spiro atoms. The van der Waals surface area contributed by atoms with Crippen LogP contribution in [-0.2, 0) is 10.2 Å². The van der Waals surface area contributed by atoms with Crippen molar-refractivity contribution >= 4 is 34.3 Å². The number of hydrogen-bond acceptors (Lipinski definition) is 5. The molecule has 1 amide bonds. The normalized spacial score (nSPS) is 17.8. The molecule has 0 radical (unpaired) electrons. The molecule has 8 nitrogen and oxygen atoms in total. The van der Waals surface area contributed by atoms with Crippen LogP contribution in [0.2, 0.25) is 0 Å². The maximum absolute atomic E-state index is 13.5. The first-order valence-electron chi connectivity index (χ1n) is 12.4. The van der Waals surface area contributed by atoms with Crippen LogP contribution in [0.4, 0.5) is 14.5 Å². The zero-order valence-corrected chi connectivity index (χ0v) is 21.5. The number of carbonyl (C=O) groups excluding carboxylic acids is 1. The largest absolute Gasteiger partial charge is 0.478 e. The van der Waals surface area contributed by atoms with E-state index in [1.807, 2.05) is 23.2 Å². The number of aromatic nitrogens is 3. The molecule has 5 rings (SSSR count). The third kappa shape index (κ3) is 5.03. The lowest BCUT2D eigenvalue weighted by Crippen LogP contribution is -2.42. The van der Waals surface area contributed by atoms with E-state index in [0.29, 0.717) is 22.3 Å². The molecule has 2 aliphatic rings. The number of halogens is 2. The second-order valence-electron chi connectivity index (χ2n) is 10.8. The van der Waals surface area contributed by atoms with Crippen LogP contribution in [0.25, 0.3) is 16.7 Å². The summed E-state index contributed by atoms with van der Waals surface area (Å²) < 4.78 is 28.8. The number of pyridine rings is 2. The second kappa shape index (κ2) is 9.34. The molecule has 1 saturated heterocycles. The van der Waals surface area contributed by atoms with E-state index < -0.39 is 11.9 Å². The number of piperidine rings is 1. The summed E-state index contributed by atoms with van der Waals surface area (Å²) in [4.78, 5) is 37.2. The lowest BCUT2D eigenvalue weighted by molar-refractivity contribution is -0.132. The van der Waals surface area contributed by atoms with Gasteiger partial charge in [0.2, 0.25) is 0 Å². The third-order valence-corrected chi connectivity index (χ3v) is 6.91. The number of anilines is 1. The zero-order valence-electron chi connectivity index (χ0n) is 21.5. The van der Waals surface area contributed by atoms with E-state index in [4.69, 9.17) is 0 Å². The molecule has 2 aliphatic heterocycles. The number of carboxylic acid groups (broad SMARTS) is 1. The molecule has 38 heavy (non-hydrogen) atoms. The molecular formula is C28H29F2N5O3. The lowest BCUT2D eigenvalue weighted by Gasteiger charge is -2.31. The van der Waals surface area contributed by atoms with Crippen molar-refractivity contribution in [1.82, 2.24) is 19.4 Å². The average Bonchev–Trinajstić information content (AvgIpc) is 3.31. The van der Waals surface area contributed by atoms with Crippen LogP contribution in [0.15, 0.2) is 60.7 Å². The topological polar surface area (TPSA) is 91.6 Å². The molecule has 10 heteroatoms. The van der Waals surface area contributed by atoms with Gasteiger partial charge in [-0.2, -0.15) is 0 Å². The van der Waals surface area contributed by atoms with Crippen molar-refractivity contribution in [3.05, 3.63) is 72.0 Å². The molecule has 198 valence electrons. The summed E-state index contributed by atoms with van der Waals surface area (Å²) in [6, 6.07) is 7.34. The van der Waals surface area contributed by atoms with Gasteiger partial charge in [-0.15, -0.1) is 0 Å². The molecule has 0 aliphatic carbocycles. The van der Waals surface area contributed by atoms with Gasteiger partial charge in [0.25, 0.3) is 11.8 Å². The standard InChI is InChI=1S/C28H29F2N5O3/c1-27(2,3)23-5-4-21(15-31-23)34-16-20(26(37)38)13-22(17-34)35-9-6-18-12-19(14-32-24(18)35)25(36)33-10-7-28(29,30)8-11-33/h4-6,9,12-15,17H,7-8,10-11,16H2,1-3H3,(H,37,38). The second-order valence-corrected chi connectivity index (χ2v) is 10.8. The third-order valence-electron chi connectivity index (χ3n) is 6.91. The van der Waals surface area contributed by atoms with Crippen LogP contribution in [-0.4, -0.2) is 62.0 Å². The highest BCUT2D eigenvalue weighted by molar-refractivity contribution is 5.98. The van der Waals surface area contributed by atoms with Crippen LogP contribution in [0.1, 0.15) is 49.7 Å². The Bertz CT molecular complexity index is 1460. The van der Waals surface area contributed by atoms with Crippen molar-refractivity contribution in [2.75, 3.05) is 24.5 Å². The highest BCUT2D eigenvalue weighted by Crippen LogP contribution is 2.30. The van der Waals surface area contributed by atoms with E-state index in [2.05, 4.69) is 30.7 Å². The predicted molar refractivity (Wildman–Crippen MR) is 140 cm³/mol. The Balaban J connectivity index is 1.45. The minimum atomic E-state index is -2.73. The molecule has 5 heterocycles. The van der Waals surface area contributed by atoms with Crippen LogP contribution < -0.4 is 4.90 Å². The molecule has 0 aromatic carbocycles. The SMILES string of the molecule is CC(C)(C)c1ccc(N2C=C(n3ccc4cc(C(=O)N5CCC(F)(F)CC5)cnc43)C=C(C(=O)O)C2)cn1. The Kier molecular flexibility index (Phi) is 6.28. The Morgan fingerprint density at radius 3 is 2.42 bits per heavy atom. The number of hydrogen-bond donors (Lipinski definition) is 1. The van der Waals surface area contributed by atoms with Gasteiger partial charge in [0, 0.05) is 61.0 Å². The lowest BCUT2D eigenvalue weighted by atomic mass is 9.92. The summed E-state index contributed by atoms with van der Waals surface area (Å²) in [6.45, 7) is 6.41. The molecule has 1 fully saturated rings. The highest BCUT2D eigenvalue weighted by atomic mass is 19.3. The Labute approximate surface area is 218 Å². The minimum absolute atomic E-state index is 0.00194.